The van der Waals surface area contributed by atoms with E-state index in [-0.39, 0.29) is 11.4 Å². The van der Waals surface area contributed by atoms with Gasteiger partial charge in [-0.1, -0.05) is 0 Å². The highest BCUT2D eigenvalue weighted by Crippen LogP contribution is 2.37. The SMILES string of the molecule is Cc1nn(C)c(C)c1-c1cc(C(=O)Nc2cc(C(F)(F)F)ccc2N2CCCC2)[nH]n1. The summed E-state index contributed by atoms with van der Waals surface area (Å²) in [5.74, 6) is -0.558. The average molecular weight is 432 g/mol. The molecule has 3 aromatic rings. The van der Waals surface area contributed by atoms with Crippen LogP contribution in [0, 0.1) is 13.8 Å². The molecular formula is C21H23F3N6O. The molecule has 7 nitrogen and oxygen atoms in total. The molecule has 0 unspecified atom stereocenters. The van der Waals surface area contributed by atoms with E-state index in [2.05, 4.69) is 20.6 Å². The van der Waals surface area contributed by atoms with Crippen LogP contribution >= 0.6 is 0 Å². The summed E-state index contributed by atoms with van der Waals surface area (Å²) in [6.45, 7) is 5.22. The van der Waals surface area contributed by atoms with E-state index in [0.717, 1.165) is 55.0 Å². The molecule has 10 heteroatoms. The number of aromatic nitrogens is 4. The number of rotatable bonds is 4. The van der Waals surface area contributed by atoms with Crippen molar-refractivity contribution in [3.63, 3.8) is 0 Å². The molecule has 2 aromatic heterocycles. The highest BCUT2D eigenvalue weighted by Gasteiger charge is 2.32. The molecule has 4 rings (SSSR count). The van der Waals surface area contributed by atoms with Crippen molar-refractivity contribution in [2.75, 3.05) is 23.3 Å². The van der Waals surface area contributed by atoms with Crippen molar-refractivity contribution in [2.24, 2.45) is 7.05 Å². The Labute approximate surface area is 177 Å². The summed E-state index contributed by atoms with van der Waals surface area (Å²) in [4.78, 5) is 14.8. The van der Waals surface area contributed by atoms with Crippen LogP contribution in [0.5, 0.6) is 0 Å². The Bertz CT molecular complexity index is 1120. The topological polar surface area (TPSA) is 78.8 Å². The van der Waals surface area contributed by atoms with Gasteiger partial charge in [0.2, 0.25) is 0 Å². The minimum atomic E-state index is -4.50. The zero-order chi connectivity index (χ0) is 22.3. The second-order valence-corrected chi connectivity index (χ2v) is 7.71. The van der Waals surface area contributed by atoms with Gasteiger partial charge in [-0.15, -0.1) is 0 Å². The first-order chi connectivity index (χ1) is 14.6. The monoisotopic (exact) mass is 432 g/mol. The standard InChI is InChI=1S/C21H23F3N6O/c1-12-19(13(2)29(3)28-12)16-11-17(27-26-16)20(31)25-15-10-14(21(22,23)24)6-7-18(15)30-8-4-5-9-30/h6-7,10-11H,4-5,8-9H2,1-3H3,(H,25,31)(H,26,27). The number of H-pyrrole nitrogens is 1. The number of carbonyl (C=O) groups is 1. The maximum atomic E-state index is 13.3. The first-order valence-electron chi connectivity index (χ1n) is 9.98. The highest BCUT2D eigenvalue weighted by molar-refractivity contribution is 6.05. The highest BCUT2D eigenvalue weighted by atomic mass is 19.4. The fraction of sp³-hybridized carbons (Fsp3) is 0.381. The zero-order valence-electron chi connectivity index (χ0n) is 17.5. The summed E-state index contributed by atoms with van der Waals surface area (Å²) in [5, 5.41) is 13.9. The maximum Gasteiger partial charge on any atom is 0.416 e. The number of nitrogens with zero attached hydrogens (tertiary/aromatic N) is 4. The Kier molecular flexibility index (Phi) is 5.24. The van der Waals surface area contributed by atoms with Crippen molar-refractivity contribution in [2.45, 2.75) is 32.9 Å². The van der Waals surface area contributed by atoms with Crippen LogP contribution < -0.4 is 10.2 Å². The lowest BCUT2D eigenvalue weighted by Gasteiger charge is -2.22. The van der Waals surface area contributed by atoms with Crippen LogP contribution in [0.1, 0.15) is 40.3 Å². The van der Waals surface area contributed by atoms with Crippen molar-refractivity contribution in [3.05, 3.63) is 46.9 Å². The number of alkyl halides is 3. The van der Waals surface area contributed by atoms with Crippen molar-refractivity contribution in [1.82, 2.24) is 20.0 Å². The Morgan fingerprint density at radius 2 is 1.87 bits per heavy atom. The van der Waals surface area contributed by atoms with Gasteiger partial charge in [0.15, 0.2) is 0 Å². The molecule has 0 bridgehead atoms. The van der Waals surface area contributed by atoms with E-state index in [4.69, 9.17) is 0 Å². The minimum absolute atomic E-state index is 0.131. The molecular weight excluding hydrogens is 409 g/mol. The number of anilines is 2. The summed E-state index contributed by atoms with van der Waals surface area (Å²) in [5.41, 5.74) is 3.09. The molecule has 1 amide bonds. The summed E-state index contributed by atoms with van der Waals surface area (Å²) in [6.07, 6.45) is -2.58. The number of benzene rings is 1. The number of halogens is 3. The van der Waals surface area contributed by atoms with Crippen molar-refractivity contribution < 1.29 is 18.0 Å². The maximum absolute atomic E-state index is 13.3. The molecule has 0 saturated carbocycles. The predicted octanol–water partition coefficient (Wildman–Crippen LogP) is 4.30. The number of hydrogen-bond donors (Lipinski definition) is 2. The Morgan fingerprint density at radius 1 is 1.16 bits per heavy atom. The molecule has 1 saturated heterocycles. The molecule has 1 aromatic carbocycles. The summed E-state index contributed by atoms with van der Waals surface area (Å²) in [6, 6.07) is 5.03. The van der Waals surface area contributed by atoms with Crippen LogP contribution in [0.4, 0.5) is 24.5 Å². The molecule has 1 aliphatic heterocycles. The summed E-state index contributed by atoms with van der Waals surface area (Å²) >= 11 is 0. The van der Waals surface area contributed by atoms with Gasteiger partial charge in [0.1, 0.15) is 5.69 Å². The molecule has 1 aliphatic rings. The van der Waals surface area contributed by atoms with E-state index < -0.39 is 17.6 Å². The Hall–Kier alpha value is -3.30. The smallest absolute Gasteiger partial charge is 0.370 e. The first kappa shape index (κ1) is 21.0. The van der Waals surface area contributed by atoms with Gasteiger partial charge in [-0.05, 0) is 51.0 Å². The molecule has 0 atom stereocenters. The second kappa shape index (κ2) is 7.75. The number of amides is 1. The van der Waals surface area contributed by atoms with E-state index in [1.165, 1.54) is 6.07 Å². The van der Waals surface area contributed by atoms with Gasteiger partial charge in [0.05, 0.1) is 28.3 Å². The zero-order valence-corrected chi connectivity index (χ0v) is 17.5. The van der Waals surface area contributed by atoms with Crippen LogP contribution in [0.15, 0.2) is 24.3 Å². The number of carbonyl (C=O) groups excluding carboxylic acids is 1. The minimum Gasteiger partial charge on any atom is -0.370 e. The number of aromatic amines is 1. The third-order valence-electron chi connectivity index (χ3n) is 5.61. The average Bonchev–Trinajstić information content (AvgIpc) is 3.43. The molecule has 31 heavy (non-hydrogen) atoms. The van der Waals surface area contributed by atoms with Crippen molar-refractivity contribution in [3.8, 4) is 11.3 Å². The molecule has 0 aliphatic carbocycles. The van der Waals surface area contributed by atoms with Crippen molar-refractivity contribution >= 4 is 17.3 Å². The third kappa shape index (κ3) is 4.01. The summed E-state index contributed by atoms with van der Waals surface area (Å²) < 4.78 is 41.5. The first-order valence-corrected chi connectivity index (χ1v) is 9.98. The van der Waals surface area contributed by atoms with E-state index in [1.54, 1.807) is 10.7 Å². The molecule has 0 radical (unpaired) electrons. The third-order valence-corrected chi connectivity index (χ3v) is 5.61. The normalized spacial score (nSPS) is 14.3. The number of aryl methyl sites for hydroxylation is 2. The molecule has 164 valence electrons. The van der Waals surface area contributed by atoms with Gasteiger partial charge in [0, 0.05) is 31.4 Å². The lowest BCUT2D eigenvalue weighted by Crippen LogP contribution is -2.22. The Balaban J connectivity index is 1.64. The molecule has 1 fully saturated rings. The fourth-order valence-electron chi connectivity index (χ4n) is 3.95. The van der Waals surface area contributed by atoms with Crippen LogP contribution in [0.3, 0.4) is 0 Å². The van der Waals surface area contributed by atoms with Gasteiger partial charge < -0.3 is 10.2 Å². The summed E-state index contributed by atoms with van der Waals surface area (Å²) in [7, 11) is 1.82. The quantitative estimate of drug-likeness (QED) is 0.644. The lowest BCUT2D eigenvalue weighted by atomic mass is 10.1. The lowest BCUT2D eigenvalue weighted by molar-refractivity contribution is -0.137. The number of nitrogens with one attached hydrogen (secondary N) is 2. The van der Waals surface area contributed by atoms with Crippen LogP contribution in [-0.4, -0.2) is 39.0 Å². The van der Waals surface area contributed by atoms with Crippen LogP contribution in [-0.2, 0) is 13.2 Å². The van der Waals surface area contributed by atoms with Gasteiger partial charge in [-0.2, -0.15) is 23.4 Å². The molecule has 3 heterocycles. The van der Waals surface area contributed by atoms with Gasteiger partial charge in [0.25, 0.3) is 5.91 Å². The van der Waals surface area contributed by atoms with E-state index in [1.807, 2.05) is 25.8 Å². The van der Waals surface area contributed by atoms with Crippen molar-refractivity contribution in [1.29, 1.82) is 0 Å². The van der Waals surface area contributed by atoms with E-state index in [9.17, 15) is 18.0 Å². The van der Waals surface area contributed by atoms with Crippen LogP contribution in [0.2, 0.25) is 0 Å². The Morgan fingerprint density at radius 3 is 2.48 bits per heavy atom. The van der Waals surface area contributed by atoms with Gasteiger partial charge in [-0.25, -0.2) is 0 Å². The predicted molar refractivity (Wildman–Crippen MR) is 111 cm³/mol. The van der Waals surface area contributed by atoms with Gasteiger partial charge >= 0.3 is 6.18 Å². The van der Waals surface area contributed by atoms with Crippen LogP contribution in [0.25, 0.3) is 11.3 Å². The fourth-order valence-corrected chi connectivity index (χ4v) is 3.95. The molecule has 0 spiro atoms. The van der Waals surface area contributed by atoms with E-state index in [0.29, 0.717) is 11.4 Å². The largest absolute Gasteiger partial charge is 0.416 e. The van der Waals surface area contributed by atoms with E-state index >= 15 is 0 Å². The molecule has 2 N–H and O–H groups in total. The number of hydrogen-bond acceptors (Lipinski definition) is 4. The van der Waals surface area contributed by atoms with Gasteiger partial charge in [-0.3, -0.25) is 14.6 Å². The second-order valence-electron chi connectivity index (χ2n) is 7.71.